The molecule has 0 N–H and O–H groups in total. The van der Waals surface area contributed by atoms with Crippen molar-refractivity contribution in [3.63, 3.8) is 0 Å². The fraction of sp³-hybridized carbons (Fsp3) is 0.364. The molecular weight excluding hydrogens is 160 g/mol. The van der Waals surface area contributed by atoms with Crippen molar-refractivity contribution in [3.05, 3.63) is 29.6 Å². The Labute approximate surface area is 78.2 Å². The molecule has 2 rings (SSSR count). The minimum Gasteiger partial charge on any atom is -0.331 e. The van der Waals surface area contributed by atoms with Gasteiger partial charge in [0.1, 0.15) is 5.82 Å². The second-order valence-electron chi connectivity index (χ2n) is 3.36. The highest BCUT2D eigenvalue weighted by Crippen LogP contribution is 2.19. The Kier molecular flexibility index (Phi) is 1.83. The van der Waals surface area contributed by atoms with Crippen LogP contribution >= 0.6 is 0 Å². The van der Waals surface area contributed by atoms with Crippen LogP contribution in [0.3, 0.4) is 0 Å². The molecule has 13 heavy (non-hydrogen) atoms. The predicted molar refractivity (Wildman–Crippen MR) is 54.8 cm³/mol. The fourth-order valence-corrected chi connectivity index (χ4v) is 1.75. The first kappa shape index (κ1) is 8.30. The summed E-state index contributed by atoms with van der Waals surface area (Å²) < 4.78 is 2.16. The zero-order valence-electron chi connectivity index (χ0n) is 8.33. The molecule has 0 radical (unpaired) electrons. The van der Waals surface area contributed by atoms with Crippen molar-refractivity contribution in [2.24, 2.45) is 7.05 Å². The molecule has 0 amide bonds. The van der Waals surface area contributed by atoms with E-state index in [4.69, 9.17) is 0 Å². The van der Waals surface area contributed by atoms with Gasteiger partial charge in [-0.05, 0) is 25.0 Å². The third-order valence-corrected chi connectivity index (χ3v) is 2.58. The molecule has 0 aliphatic rings. The van der Waals surface area contributed by atoms with Crippen LogP contribution in [0.4, 0.5) is 0 Å². The van der Waals surface area contributed by atoms with Gasteiger partial charge in [0.05, 0.1) is 11.0 Å². The third-order valence-electron chi connectivity index (χ3n) is 2.58. The number of fused-ring (bicyclic) bond motifs is 1. The van der Waals surface area contributed by atoms with Crippen LogP contribution in [0.5, 0.6) is 0 Å². The summed E-state index contributed by atoms with van der Waals surface area (Å²) in [7, 11) is 2.07. The Bertz CT molecular complexity index is 441. The molecule has 0 aliphatic carbocycles. The number of rotatable bonds is 1. The number of aromatic nitrogens is 2. The van der Waals surface area contributed by atoms with Gasteiger partial charge < -0.3 is 4.57 Å². The summed E-state index contributed by atoms with van der Waals surface area (Å²) in [5, 5.41) is 0. The predicted octanol–water partition coefficient (Wildman–Crippen LogP) is 2.44. The Balaban J connectivity index is 2.87. The molecule has 0 unspecified atom stereocenters. The molecule has 68 valence electrons. The number of benzene rings is 1. The van der Waals surface area contributed by atoms with E-state index in [1.165, 1.54) is 11.1 Å². The van der Waals surface area contributed by atoms with Gasteiger partial charge >= 0.3 is 0 Å². The highest BCUT2D eigenvalue weighted by Gasteiger charge is 2.06. The van der Waals surface area contributed by atoms with Crippen molar-refractivity contribution in [1.29, 1.82) is 0 Å². The highest BCUT2D eigenvalue weighted by molar-refractivity contribution is 5.79. The summed E-state index contributed by atoms with van der Waals surface area (Å²) >= 11 is 0. The molecule has 1 aromatic heterocycles. The van der Waals surface area contributed by atoms with Crippen LogP contribution in [0.15, 0.2) is 18.2 Å². The molecule has 0 saturated carbocycles. The van der Waals surface area contributed by atoms with E-state index in [0.29, 0.717) is 0 Å². The van der Waals surface area contributed by atoms with Crippen molar-refractivity contribution in [2.45, 2.75) is 20.3 Å². The van der Waals surface area contributed by atoms with E-state index >= 15 is 0 Å². The topological polar surface area (TPSA) is 17.8 Å². The van der Waals surface area contributed by atoms with Crippen LogP contribution in [0.25, 0.3) is 11.0 Å². The zero-order valence-corrected chi connectivity index (χ0v) is 8.33. The molecule has 2 nitrogen and oxygen atoms in total. The standard InChI is InChI=1S/C11H14N2/c1-4-9-6-5-7-10-11(9)13(3)8(2)12-10/h5-7H,4H2,1-3H3. The highest BCUT2D eigenvalue weighted by atomic mass is 15.0. The monoisotopic (exact) mass is 174 g/mol. The maximum atomic E-state index is 4.48. The largest absolute Gasteiger partial charge is 0.331 e. The van der Waals surface area contributed by atoms with Crippen LogP contribution in [0, 0.1) is 6.92 Å². The van der Waals surface area contributed by atoms with Gasteiger partial charge in [-0.1, -0.05) is 19.1 Å². The van der Waals surface area contributed by atoms with E-state index < -0.39 is 0 Å². The van der Waals surface area contributed by atoms with E-state index in [-0.39, 0.29) is 0 Å². The fourth-order valence-electron chi connectivity index (χ4n) is 1.75. The first-order chi connectivity index (χ1) is 6.24. The lowest BCUT2D eigenvalue weighted by Crippen LogP contribution is -1.93. The molecule has 0 spiro atoms. The van der Waals surface area contributed by atoms with Crippen LogP contribution < -0.4 is 0 Å². The third kappa shape index (κ3) is 1.13. The first-order valence-corrected chi connectivity index (χ1v) is 4.65. The number of aryl methyl sites for hydroxylation is 3. The first-order valence-electron chi connectivity index (χ1n) is 4.65. The van der Waals surface area contributed by atoms with E-state index in [0.717, 1.165) is 17.8 Å². The SMILES string of the molecule is CCc1cccc2nc(C)n(C)c12. The lowest BCUT2D eigenvalue weighted by Gasteiger charge is -2.02. The molecule has 0 bridgehead atoms. The van der Waals surface area contributed by atoms with Gasteiger partial charge in [-0.25, -0.2) is 4.98 Å². The normalized spacial score (nSPS) is 11.0. The van der Waals surface area contributed by atoms with Crippen molar-refractivity contribution < 1.29 is 0 Å². The molecule has 1 heterocycles. The van der Waals surface area contributed by atoms with E-state index in [1.54, 1.807) is 0 Å². The maximum absolute atomic E-state index is 4.48. The molecule has 0 aliphatic heterocycles. The Morgan fingerprint density at radius 2 is 2.15 bits per heavy atom. The van der Waals surface area contributed by atoms with Crippen LogP contribution in [0.1, 0.15) is 18.3 Å². The minimum absolute atomic E-state index is 1.07. The Hall–Kier alpha value is -1.31. The maximum Gasteiger partial charge on any atom is 0.106 e. The summed E-state index contributed by atoms with van der Waals surface area (Å²) in [5.41, 5.74) is 3.77. The average molecular weight is 174 g/mol. The van der Waals surface area contributed by atoms with E-state index in [2.05, 4.69) is 41.7 Å². The summed E-state index contributed by atoms with van der Waals surface area (Å²) in [6.07, 6.45) is 1.07. The van der Waals surface area contributed by atoms with E-state index in [1.807, 2.05) is 6.92 Å². The lowest BCUT2D eigenvalue weighted by molar-refractivity contribution is 0.879. The van der Waals surface area contributed by atoms with Crippen molar-refractivity contribution in [1.82, 2.24) is 9.55 Å². The Morgan fingerprint density at radius 1 is 1.38 bits per heavy atom. The van der Waals surface area contributed by atoms with Gasteiger partial charge in [0.15, 0.2) is 0 Å². The molecule has 0 fully saturated rings. The molecule has 0 atom stereocenters. The molecular formula is C11H14N2. The van der Waals surface area contributed by atoms with Crippen molar-refractivity contribution in [2.75, 3.05) is 0 Å². The summed E-state index contributed by atoms with van der Waals surface area (Å²) in [6, 6.07) is 6.32. The van der Waals surface area contributed by atoms with Gasteiger partial charge in [-0.3, -0.25) is 0 Å². The summed E-state index contributed by atoms with van der Waals surface area (Å²) in [6.45, 7) is 4.22. The smallest absolute Gasteiger partial charge is 0.106 e. The van der Waals surface area contributed by atoms with Gasteiger partial charge in [0, 0.05) is 7.05 Å². The number of hydrogen-bond acceptors (Lipinski definition) is 1. The second kappa shape index (κ2) is 2.87. The number of hydrogen-bond donors (Lipinski definition) is 0. The van der Waals surface area contributed by atoms with Gasteiger partial charge in [-0.2, -0.15) is 0 Å². The summed E-state index contributed by atoms with van der Waals surface area (Å²) in [4.78, 5) is 4.48. The molecule has 0 saturated heterocycles. The van der Waals surface area contributed by atoms with Crippen LogP contribution in [-0.4, -0.2) is 9.55 Å². The zero-order chi connectivity index (χ0) is 9.42. The molecule has 1 aromatic carbocycles. The van der Waals surface area contributed by atoms with Crippen LogP contribution in [0.2, 0.25) is 0 Å². The van der Waals surface area contributed by atoms with Crippen molar-refractivity contribution >= 4 is 11.0 Å². The number of para-hydroxylation sites is 1. The second-order valence-corrected chi connectivity index (χ2v) is 3.36. The van der Waals surface area contributed by atoms with Gasteiger partial charge in [0.2, 0.25) is 0 Å². The average Bonchev–Trinajstić information content (AvgIpc) is 2.43. The molecule has 2 heteroatoms. The molecule has 2 aromatic rings. The van der Waals surface area contributed by atoms with E-state index in [9.17, 15) is 0 Å². The van der Waals surface area contributed by atoms with Crippen LogP contribution in [-0.2, 0) is 13.5 Å². The number of nitrogens with zero attached hydrogens (tertiary/aromatic N) is 2. The van der Waals surface area contributed by atoms with Gasteiger partial charge in [-0.15, -0.1) is 0 Å². The minimum atomic E-state index is 1.07. The number of imidazole rings is 1. The lowest BCUT2D eigenvalue weighted by atomic mass is 10.1. The van der Waals surface area contributed by atoms with Crippen molar-refractivity contribution in [3.8, 4) is 0 Å². The summed E-state index contributed by atoms with van der Waals surface area (Å²) in [5.74, 6) is 1.08. The Morgan fingerprint density at radius 3 is 2.85 bits per heavy atom. The quantitative estimate of drug-likeness (QED) is 0.649. The van der Waals surface area contributed by atoms with Gasteiger partial charge in [0.25, 0.3) is 0 Å².